The number of hydrogen-bond donors (Lipinski definition) is 0. The van der Waals surface area contributed by atoms with Crippen molar-refractivity contribution in [1.29, 1.82) is 0 Å². The normalized spacial score (nSPS) is 19.8. The van der Waals surface area contributed by atoms with Crippen molar-refractivity contribution < 1.29 is 8.42 Å². The van der Waals surface area contributed by atoms with Crippen molar-refractivity contribution in [1.82, 2.24) is 4.31 Å². The van der Waals surface area contributed by atoms with Gasteiger partial charge in [-0.15, -0.1) is 0 Å². The van der Waals surface area contributed by atoms with E-state index in [4.69, 9.17) is 11.6 Å². The highest BCUT2D eigenvalue weighted by Gasteiger charge is 2.33. The molecule has 3 nitrogen and oxygen atoms in total. The molecule has 3 rings (SSSR count). The van der Waals surface area contributed by atoms with Gasteiger partial charge in [0.15, 0.2) is 0 Å². The van der Waals surface area contributed by atoms with E-state index in [1.165, 1.54) is 11.6 Å². The minimum absolute atomic E-state index is 0.114. The maximum absolute atomic E-state index is 13.2. The fraction of sp³-hybridized carbons (Fsp3) is 0.368. The number of hydrogen-bond acceptors (Lipinski definition) is 2. The van der Waals surface area contributed by atoms with Crippen LogP contribution in [0.1, 0.15) is 42.9 Å². The smallest absolute Gasteiger partial charge is 0.207 e. The molecule has 2 aromatic carbocycles. The van der Waals surface area contributed by atoms with E-state index in [-0.39, 0.29) is 10.9 Å². The molecule has 1 aliphatic rings. The third-order valence-electron chi connectivity index (χ3n) is 4.57. The van der Waals surface area contributed by atoms with E-state index >= 15 is 0 Å². The van der Waals surface area contributed by atoms with Gasteiger partial charge in [-0.05, 0) is 43.5 Å². The zero-order valence-electron chi connectivity index (χ0n) is 13.8. The summed E-state index contributed by atoms with van der Waals surface area (Å²) >= 11 is 6.01. The first kappa shape index (κ1) is 17.5. The molecule has 0 radical (unpaired) electrons. The average Bonchev–Trinajstić information content (AvgIpc) is 2.82. The monoisotopic (exact) mass is 363 g/mol. The van der Waals surface area contributed by atoms with E-state index in [1.54, 1.807) is 22.5 Å². The summed E-state index contributed by atoms with van der Waals surface area (Å²) in [5.41, 5.74) is 2.24. The quantitative estimate of drug-likeness (QED) is 0.773. The highest BCUT2D eigenvalue weighted by Crippen LogP contribution is 2.35. The summed E-state index contributed by atoms with van der Waals surface area (Å²) in [6.07, 6.45) is 3.84. The molecule has 0 bridgehead atoms. The molecule has 2 aromatic rings. The van der Waals surface area contributed by atoms with Gasteiger partial charge in [0.2, 0.25) is 10.0 Å². The Bertz CT molecular complexity index is 802. The van der Waals surface area contributed by atoms with Crippen molar-refractivity contribution in [3.63, 3.8) is 0 Å². The van der Waals surface area contributed by atoms with Gasteiger partial charge in [-0.1, -0.05) is 60.3 Å². The van der Waals surface area contributed by atoms with Crippen LogP contribution in [-0.2, 0) is 10.0 Å². The topological polar surface area (TPSA) is 37.4 Å². The lowest BCUT2D eigenvalue weighted by molar-refractivity contribution is 0.329. The Morgan fingerprint density at radius 3 is 2.50 bits per heavy atom. The number of halogens is 1. The minimum atomic E-state index is -3.57. The van der Waals surface area contributed by atoms with Crippen LogP contribution >= 0.6 is 11.6 Å². The molecule has 0 aromatic heterocycles. The van der Waals surface area contributed by atoms with Crippen LogP contribution in [0.3, 0.4) is 0 Å². The van der Waals surface area contributed by atoms with Gasteiger partial charge in [0.25, 0.3) is 0 Å². The minimum Gasteiger partial charge on any atom is -0.207 e. The van der Waals surface area contributed by atoms with Crippen molar-refractivity contribution in [3.8, 4) is 0 Å². The second-order valence-electron chi connectivity index (χ2n) is 6.35. The largest absolute Gasteiger partial charge is 0.243 e. The molecule has 1 heterocycles. The van der Waals surface area contributed by atoms with Crippen LogP contribution in [0.4, 0.5) is 0 Å². The maximum atomic E-state index is 13.2. The summed E-state index contributed by atoms with van der Waals surface area (Å²) in [4.78, 5) is 0.272. The Kier molecular flexibility index (Phi) is 5.28. The van der Waals surface area contributed by atoms with Crippen molar-refractivity contribution in [3.05, 3.63) is 64.7 Å². The number of nitrogens with zero attached hydrogens (tertiary/aromatic N) is 1. The molecule has 1 unspecified atom stereocenters. The average molecular weight is 364 g/mol. The van der Waals surface area contributed by atoms with Gasteiger partial charge in [0.1, 0.15) is 0 Å². The van der Waals surface area contributed by atoms with Crippen LogP contribution in [0.2, 0.25) is 5.02 Å². The predicted octanol–water partition coefficient (Wildman–Crippen LogP) is 4.95. The van der Waals surface area contributed by atoms with Crippen molar-refractivity contribution in [2.75, 3.05) is 6.54 Å². The molecule has 128 valence electrons. The van der Waals surface area contributed by atoms with Crippen molar-refractivity contribution >= 4 is 21.6 Å². The van der Waals surface area contributed by atoms with Gasteiger partial charge in [-0.3, -0.25) is 0 Å². The predicted molar refractivity (Wildman–Crippen MR) is 97.7 cm³/mol. The molecule has 0 aliphatic carbocycles. The number of rotatable bonds is 3. The maximum Gasteiger partial charge on any atom is 0.243 e. The fourth-order valence-electron chi connectivity index (χ4n) is 3.25. The van der Waals surface area contributed by atoms with Crippen LogP contribution in [-0.4, -0.2) is 19.3 Å². The lowest BCUT2D eigenvalue weighted by Crippen LogP contribution is -2.34. The summed E-state index contributed by atoms with van der Waals surface area (Å²) in [6, 6.07) is 14.6. The summed E-state index contributed by atoms with van der Waals surface area (Å²) in [5, 5.41) is 0.442. The molecule has 1 fully saturated rings. The molecule has 0 spiro atoms. The number of aryl methyl sites for hydroxylation is 1. The third kappa shape index (κ3) is 3.66. The Balaban J connectivity index is 2.02. The van der Waals surface area contributed by atoms with Crippen LogP contribution in [0.15, 0.2) is 53.4 Å². The molecule has 0 saturated carbocycles. The van der Waals surface area contributed by atoms with Gasteiger partial charge < -0.3 is 0 Å². The third-order valence-corrected chi connectivity index (χ3v) is 6.71. The van der Waals surface area contributed by atoms with Crippen LogP contribution in [0.25, 0.3) is 0 Å². The zero-order chi connectivity index (χ0) is 17.2. The number of benzene rings is 2. The molecule has 0 N–H and O–H groups in total. The summed E-state index contributed by atoms with van der Waals surface area (Å²) < 4.78 is 28.1. The van der Waals surface area contributed by atoms with Gasteiger partial charge in [-0.25, -0.2) is 8.42 Å². The SMILES string of the molecule is Cc1ccc(C2CCCCCN2S(=O)(=O)c2cccc(Cl)c2)cc1. The van der Waals surface area contributed by atoms with Gasteiger partial charge in [0.05, 0.1) is 10.9 Å². The molecule has 1 aliphatic heterocycles. The molecule has 1 atom stereocenters. The summed E-state index contributed by atoms with van der Waals surface area (Å²) in [6.45, 7) is 2.59. The van der Waals surface area contributed by atoms with E-state index in [0.717, 1.165) is 31.2 Å². The molecular weight excluding hydrogens is 342 g/mol. The van der Waals surface area contributed by atoms with E-state index < -0.39 is 10.0 Å². The van der Waals surface area contributed by atoms with Crippen LogP contribution in [0.5, 0.6) is 0 Å². The van der Waals surface area contributed by atoms with E-state index in [1.807, 2.05) is 31.2 Å². The van der Waals surface area contributed by atoms with Crippen molar-refractivity contribution in [2.45, 2.75) is 43.5 Å². The molecule has 0 amide bonds. The summed E-state index contributed by atoms with van der Waals surface area (Å²) in [5.74, 6) is 0. The zero-order valence-corrected chi connectivity index (χ0v) is 15.4. The van der Waals surface area contributed by atoms with E-state index in [2.05, 4.69) is 0 Å². The Labute approximate surface area is 149 Å². The highest BCUT2D eigenvalue weighted by atomic mass is 35.5. The summed E-state index contributed by atoms with van der Waals surface area (Å²) in [7, 11) is -3.57. The first-order valence-corrected chi connectivity index (χ1v) is 10.1. The molecule has 5 heteroatoms. The Morgan fingerprint density at radius 2 is 1.79 bits per heavy atom. The second kappa shape index (κ2) is 7.26. The Morgan fingerprint density at radius 1 is 1.04 bits per heavy atom. The lowest BCUT2D eigenvalue weighted by Gasteiger charge is -2.29. The standard InChI is InChI=1S/C19H22ClNO2S/c1-15-9-11-16(12-10-15)19-8-3-2-4-13-21(19)24(22,23)18-7-5-6-17(20)14-18/h5-7,9-12,14,19H,2-4,8,13H2,1H3. The molecule has 24 heavy (non-hydrogen) atoms. The highest BCUT2D eigenvalue weighted by molar-refractivity contribution is 7.89. The first-order chi connectivity index (χ1) is 11.5. The van der Waals surface area contributed by atoms with Gasteiger partial charge in [-0.2, -0.15) is 4.31 Å². The fourth-order valence-corrected chi connectivity index (χ4v) is 5.24. The Hall–Kier alpha value is -1.36. The molecule has 1 saturated heterocycles. The van der Waals surface area contributed by atoms with Gasteiger partial charge in [0, 0.05) is 11.6 Å². The first-order valence-electron chi connectivity index (χ1n) is 8.32. The van der Waals surface area contributed by atoms with Crippen molar-refractivity contribution in [2.24, 2.45) is 0 Å². The van der Waals surface area contributed by atoms with Crippen LogP contribution < -0.4 is 0 Å². The molecular formula is C19H22ClNO2S. The van der Waals surface area contributed by atoms with Crippen LogP contribution in [0, 0.1) is 6.92 Å². The van der Waals surface area contributed by atoms with E-state index in [9.17, 15) is 8.42 Å². The number of sulfonamides is 1. The van der Waals surface area contributed by atoms with E-state index in [0.29, 0.717) is 11.6 Å². The lowest BCUT2D eigenvalue weighted by atomic mass is 10.0. The van der Waals surface area contributed by atoms with Gasteiger partial charge >= 0.3 is 0 Å². The second-order valence-corrected chi connectivity index (χ2v) is 8.68.